The van der Waals surface area contributed by atoms with Crippen LogP contribution in [0.2, 0.25) is 0 Å². The molecule has 0 unspecified atom stereocenters. The van der Waals surface area contributed by atoms with Crippen LogP contribution < -0.4 is 5.32 Å². The molecule has 0 spiro atoms. The minimum atomic E-state index is -1.03. The number of nitrogens with one attached hydrogen (secondary N) is 1. The Morgan fingerprint density at radius 1 is 1.45 bits per heavy atom. The number of thiophene rings is 1. The highest BCUT2D eigenvalue weighted by Crippen LogP contribution is 2.18. The average Bonchev–Trinajstić information content (AvgIpc) is 2.81. The first-order valence-electron chi connectivity index (χ1n) is 6.18. The number of amides is 1. The summed E-state index contributed by atoms with van der Waals surface area (Å²) in [5, 5.41) is 13.3. The largest absolute Gasteiger partial charge is 0.478 e. The molecular weight excluding hydrogens is 276 g/mol. The van der Waals surface area contributed by atoms with Gasteiger partial charge in [0.1, 0.15) is 0 Å². The van der Waals surface area contributed by atoms with E-state index in [4.69, 9.17) is 5.11 Å². The normalized spacial score (nSPS) is 12.1. The molecule has 1 amide bonds. The fourth-order valence-electron chi connectivity index (χ4n) is 1.33. The van der Waals surface area contributed by atoms with E-state index in [1.165, 1.54) is 17.4 Å². The summed E-state index contributed by atoms with van der Waals surface area (Å²) in [6.45, 7) is 4.58. The monoisotopic (exact) mass is 296 g/mol. The molecule has 1 aromatic heterocycles. The molecule has 110 valence electrons. The molecular formula is C14H20N2O3S. The quantitative estimate of drug-likeness (QED) is 0.787. The van der Waals surface area contributed by atoms with E-state index in [2.05, 4.69) is 5.32 Å². The molecule has 0 fully saturated rings. The van der Waals surface area contributed by atoms with Gasteiger partial charge in [-0.05, 0) is 51.0 Å². The van der Waals surface area contributed by atoms with Crippen molar-refractivity contribution in [2.24, 2.45) is 0 Å². The molecule has 0 saturated carbocycles. The van der Waals surface area contributed by atoms with Crippen LogP contribution in [0.1, 0.15) is 29.1 Å². The van der Waals surface area contributed by atoms with Crippen LogP contribution in [-0.4, -0.2) is 48.1 Å². The predicted molar refractivity (Wildman–Crippen MR) is 81.1 cm³/mol. The van der Waals surface area contributed by atoms with Crippen molar-refractivity contribution in [3.05, 3.63) is 28.0 Å². The number of nitrogens with zero attached hydrogens (tertiary/aromatic N) is 1. The molecule has 5 nitrogen and oxygen atoms in total. The van der Waals surface area contributed by atoms with Gasteiger partial charge in [0, 0.05) is 18.2 Å². The first kappa shape index (κ1) is 16.4. The molecule has 0 radical (unpaired) electrons. The average molecular weight is 296 g/mol. The van der Waals surface area contributed by atoms with Crippen molar-refractivity contribution >= 4 is 29.3 Å². The molecule has 2 N–H and O–H groups in total. The SMILES string of the molecule is CN(C)C(C)(C)CNC(=O)c1sccc1C=CC(=O)O. The molecule has 0 aliphatic rings. The number of likely N-dealkylation sites (N-methyl/N-ethyl adjacent to an activating group) is 1. The fourth-order valence-corrected chi connectivity index (χ4v) is 2.13. The zero-order valence-electron chi connectivity index (χ0n) is 12.1. The molecule has 6 heteroatoms. The Labute approximate surface area is 122 Å². The highest BCUT2D eigenvalue weighted by molar-refractivity contribution is 7.12. The number of carboxylic acid groups (broad SMARTS) is 1. The van der Waals surface area contributed by atoms with E-state index >= 15 is 0 Å². The summed E-state index contributed by atoms with van der Waals surface area (Å²) in [6, 6.07) is 1.73. The maximum absolute atomic E-state index is 12.1. The van der Waals surface area contributed by atoms with Gasteiger partial charge in [0.25, 0.3) is 5.91 Å². The molecule has 0 aliphatic carbocycles. The Bertz CT molecular complexity index is 518. The summed E-state index contributed by atoms with van der Waals surface area (Å²) in [7, 11) is 3.91. The molecule has 0 aliphatic heterocycles. The van der Waals surface area contributed by atoms with E-state index < -0.39 is 5.97 Å². The Morgan fingerprint density at radius 3 is 2.65 bits per heavy atom. The Balaban J connectivity index is 2.74. The number of carbonyl (C=O) groups is 2. The van der Waals surface area contributed by atoms with Gasteiger partial charge in [-0.1, -0.05) is 0 Å². The van der Waals surface area contributed by atoms with E-state index in [0.29, 0.717) is 17.0 Å². The minimum absolute atomic E-state index is 0.149. The van der Waals surface area contributed by atoms with Crippen LogP contribution in [0.5, 0.6) is 0 Å². The number of carbonyl (C=O) groups excluding carboxylic acids is 1. The van der Waals surface area contributed by atoms with Crippen molar-refractivity contribution in [3.63, 3.8) is 0 Å². The van der Waals surface area contributed by atoms with Crippen molar-refractivity contribution in [3.8, 4) is 0 Å². The third kappa shape index (κ3) is 4.47. The number of hydrogen-bond donors (Lipinski definition) is 2. The molecule has 1 heterocycles. The lowest BCUT2D eigenvalue weighted by molar-refractivity contribution is -0.131. The molecule has 0 saturated heterocycles. The van der Waals surface area contributed by atoms with Crippen LogP contribution >= 0.6 is 11.3 Å². The second-order valence-electron chi connectivity index (χ2n) is 5.27. The Kier molecular flexibility index (Phi) is 5.47. The second kappa shape index (κ2) is 6.67. The lowest BCUT2D eigenvalue weighted by Crippen LogP contribution is -2.48. The summed E-state index contributed by atoms with van der Waals surface area (Å²) in [6.07, 6.45) is 2.47. The smallest absolute Gasteiger partial charge is 0.328 e. The van der Waals surface area contributed by atoms with Crippen LogP contribution in [0, 0.1) is 0 Å². The molecule has 0 atom stereocenters. The number of rotatable bonds is 6. The fraction of sp³-hybridized carbons (Fsp3) is 0.429. The Hall–Kier alpha value is -1.66. The Morgan fingerprint density at radius 2 is 2.10 bits per heavy atom. The van der Waals surface area contributed by atoms with Gasteiger partial charge < -0.3 is 15.3 Å². The van der Waals surface area contributed by atoms with Gasteiger partial charge >= 0.3 is 5.97 Å². The van der Waals surface area contributed by atoms with Gasteiger partial charge in [0.15, 0.2) is 0 Å². The molecule has 0 bridgehead atoms. The van der Waals surface area contributed by atoms with Gasteiger partial charge in [-0.15, -0.1) is 11.3 Å². The third-order valence-corrected chi connectivity index (χ3v) is 4.13. The van der Waals surface area contributed by atoms with Crippen LogP contribution in [-0.2, 0) is 4.79 Å². The van der Waals surface area contributed by atoms with Gasteiger partial charge in [-0.2, -0.15) is 0 Å². The number of carboxylic acids is 1. The second-order valence-corrected chi connectivity index (χ2v) is 6.18. The summed E-state index contributed by atoms with van der Waals surface area (Å²) >= 11 is 1.30. The van der Waals surface area contributed by atoms with Crippen molar-refractivity contribution in [2.45, 2.75) is 19.4 Å². The lowest BCUT2D eigenvalue weighted by atomic mass is 10.0. The predicted octanol–water partition coefficient (Wildman–Crippen LogP) is 1.92. The van der Waals surface area contributed by atoms with Gasteiger partial charge in [0.05, 0.1) is 4.88 Å². The topological polar surface area (TPSA) is 69.6 Å². The lowest BCUT2D eigenvalue weighted by Gasteiger charge is -2.32. The first-order valence-corrected chi connectivity index (χ1v) is 7.06. The molecule has 20 heavy (non-hydrogen) atoms. The van der Waals surface area contributed by atoms with Crippen LogP contribution in [0.15, 0.2) is 17.5 Å². The van der Waals surface area contributed by atoms with Gasteiger partial charge in [0.2, 0.25) is 0 Å². The highest BCUT2D eigenvalue weighted by Gasteiger charge is 2.22. The van der Waals surface area contributed by atoms with E-state index in [0.717, 1.165) is 6.08 Å². The van der Waals surface area contributed by atoms with Crippen LogP contribution in [0.25, 0.3) is 6.08 Å². The zero-order chi connectivity index (χ0) is 15.3. The van der Waals surface area contributed by atoms with E-state index in [-0.39, 0.29) is 11.4 Å². The standard InChI is InChI=1S/C14H20N2O3S/c1-14(2,16(3)4)9-15-13(19)12-10(7-8-20-12)5-6-11(17)18/h5-8H,9H2,1-4H3,(H,15,19)(H,17,18). The van der Waals surface area contributed by atoms with Crippen molar-refractivity contribution in [1.29, 1.82) is 0 Å². The summed E-state index contributed by atoms with van der Waals surface area (Å²) in [5.41, 5.74) is 0.474. The minimum Gasteiger partial charge on any atom is -0.478 e. The number of aliphatic carboxylic acids is 1. The van der Waals surface area contributed by atoms with Crippen molar-refractivity contribution < 1.29 is 14.7 Å². The van der Waals surface area contributed by atoms with Crippen LogP contribution in [0.4, 0.5) is 0 Å². The molecule has 1 rings (SSSR count). The maximum Gasteiger partial charge on any atom is 0.328 e. The molecule has 1 aromatic rings. The number of hydrogen-bond acceptors (Lipinski definition) is 4. The van der Waals surface area contributed by atoms with Crippen LogP contribution in [0.3, 0.4) is 0 Å². The van der Waals surface area contributed by atoms with E-state index in [1.54, 1.807) is 11.4 Å². The first-order chi connectivity index (χ1) is 9.24. The zero-order valence-corrected chi connectivity index (χ0v) is 13.0. The van der Waals surface area contributed by atoms with E-state index in [1.807, 2.05) is 32.8 Å². The maximum atomic E-state index is 12.1. The summed E-state index contributed by atoms with van der Waals surface area (Å²) in [5.74, 6) is -1.21. The third-order valence-electron chi connectivity index (χ3n) is 3.20. The van der Waals surface area contributed by atoms with Gasteiger partial charge in [-0.3, -0.25) is 4.79 Å². The van der Waals surface area contributed by atoms with E-state index in [9.17, 15) is 9.59 Å². The van der Waals surface area contributed by atoms with Gasteiger partial charge in [-0.25, -0.2) is 4.79 Å². The summed E-state index contributed by atoms with van der Waals surface area (Å²) < 4.78 is 0. The molecule has 0 aromatic carbocycles. The van der Waals surface area contributed by atoms with Crippen molar-refractivity contribution in [2.75, 3.05) is 20.6 Å². The van der Waals surface area contributed by atoms with Crippen molar-refractivity contribution in [1.82, 2.24) is 10.2 Å². The summed E-state index contributed by atoms with van der Waals surface area (Å²) in [4.78, 5) is 25.2. The highest BCUT2D eigenvalue weighted by atomic mass is 32.1.